The van der Waals surface area contributed by atoms with Gasteiger partial charge in [-0.1, -0.05) is 11.2 Å². The van der Waals surface area contributed by atoms with Crippen molar-refractivity contribution in [3.63, 3.8) is 0 Å². The number of amides is 1. The minimum absolute atomic E-state index is 0.00558. The number of rotatable bonds is 6. The average molecular weight is 477 g/mol. The summed E-state index contributed by atoms with van der Waals surface area (Å²) in [5.41, 5.74) is 0.735. The van der Waals surface area contributed by atoms with E-state index in [2.05, 4.69) is 15.5 Å². The Morgan fingerprint density at radius 3 is 2.75 bits per heavy atom. The van der Waals surface area contributed by atoms with Crippen LogP contribution in [0.5, 0.6) is 0 Å². The highest BCUT2D eigenvalue weighted by Crippen LogP contribution is 2.27. The number of hydrogen-bond donors (Lipinski definition) is 1. The van der Waals surface area contributed by atoms with Crippen molar-refractivity contribution < 1.29 is 22.0 Å². The number of piperidine rings is 1. The van der Waals surface area contributed by atoms with E-state index in [1.165, 1.54) is 16.4 Å². The lowest BCUT2D eigenvalue weighted by Gasteiger charge is -2.30. The van der Waals surface area contributed by atoms with Gasteiger partial charge in [-0.15, -0.1) is 16.9 Å². The molecule has 1 amide bonds. The third-order valence-electron chi connectivity index (χ3n) is 5.18. The molecule has 1 aliphatic rings. The zero-order valence-corrected chi connectivity index (χ0v) is 18.8. The third kappa shape index (κ3) is 4.84. The van der Waals surface area contributed by atoms with Gasteiger partial charge in [-0.05, 0) is 61.6 Å². The quantitative estimate of drug-likeness (QED) is 0.542. The van der Waals surface area contributed by atoms with Crippen molar-refractivity contribution in [2.24, 2.45) is 5.92 Å². The molecule has 2 aromatic carbocycles. The molecule has 1 unspecified atom stereocenters. The van der Waals surface area contributed by atoms with E-state index in [1.54, 1.807) is 11.8 Å². The Morgan fingerprint density at radius 1 is 1.22 bits per heavy atom. The predicted octanol–water partition coefficient (Wildman–Crippen LogP) is 3.64. The lowest BCUT2D eigenvalue weighted by Crippen LogP contribution is -2.43. The van der Waals surface area contributed by atoms with Crippen molar-refractivity contribution in [2.75, 3.05) is 24.7 Å². The molecule has 1 aromatic heterocycles. The van der Waals surface area contributed by atoms with Gasteiger partial charge in [0, 0.05) is 23.5 Å². The van der Waals surface area contributed by atoms with Crippen LogP contribution in [-0.4, -0.2) is 48.2 Å². The third-order valence-corrected chi connectivity index (χ3v) is 7.78. The van der Waals surface area contributed by atoms with E-state index in [1.807, 2.05) is 30.5 Å². The van der Waals surface area contributed by atoms with Gasteiger partial charge in [0.15, 0.2) is 0 Å². The molecule has 1 fully saturated rings. The van der Waals surface area contributed by atoms with Crippen molar-refractivity contribution >= 4 is 33.7 Å². The second kappa shape index (κ2) is 9.39. The van der Waals surface area contributed by atoms with E-state index in [0.29, 0.717) is 19.4 Å². The summed E-state index contributed by atoms with van der Waals surface area (Å²) in [5.74, 6) is -1.20. The number of carbonyl (C=O) groups excluding carboxylic acids is 1. The molecular formula is C21H21FN4O4S2. The topological polar surface area (TPSA) is 105 Å². The number of nitrogens with one attached hydrogen (secondary N) is 1. The molecule has 3 aromatic rings. The van der Waals surface area contributed by atoms with Crippen LogP contribution in [0.1, 0.15) is 12.8 Å². The van der Waals surface area contributed by atoms with Gasteiger partial charge in [0.25, 0.3) is 0 Å². The summed E-state index contributed by atoms with van der Waals surface area (Å²) < 4.78 is 45.7. The Hall–Kier alpha value is -2.76. The zero-order chi connectivity index (χ0) is 22.7. The summed E-state index contributed by atoms with van der Waals surface area (Å²) >= 11 is 1.58. The van der Waals surface area contributed by atoms with Gasteiger partial charge in [-0.3, -0.25) is 10.1 Å². The van der Waals surface area contributed by atoms with Crippen molar-refractivity contribution in [3.05, 3.63) is 54.3 Å². The Bertz CT molecular complexity index is 1210. The molecule has 2 heterocycles. The lowest BCUT2D eigenvalue weighted by atomic mass is 9.99. The van der Waals surface area contributed by atoms with Gasteiger partial charge in [-0.25, -0.2) is 12.8 Å². The molecule has 1 aliphatic heterocycles. The number of hydrogen-bond acceptors (Lipinski definition) is 7. The van der Waals surface area contributed by atoms with Crippen LogP contribution < -0.4 is 5.32 Å². The van der Waals surface area contributed by atoms with E-state index in [9.17, 15) is 17.6 Å². The molecule has 32 heavy (non-hydrogen) atoms. The first-order valence-electron chi connectivity index (χ1n) is 9.91. The summed E-state index contributed by atoms with van der Waals surface area (Å²) in [4.78, 5) is 13.8. The molecule has 4 rings (SSSR count). The van der Waals surface area contributed by atoms with Gasteiger partial charge < -0.3 is 4.42 Å². The monoisotopic (exact) mass is 476 g/mol. The number of nitrogens with zero attached hydrogens (tertiary/aromatic N) is 3. The van der Waals surface area contributed by atoms with Crippen LogP contribution in [-0.2, 0) is 14.8 Å². The second-order valence-corrected chi connectivity index (χ2v) is 10.1. The number of thioether (sulfide) groups is 1. The van der Waals surface area contributed by atoms with Crippen molar-refractivity contribution in [1.82, 2.24) is 14.5 Å². The molecule has 168 valence electrons. The normalized spacial score (nSPS) is 17.2. The molecule has 1 saturated heterocycles. The highest BCUT2D eigenvalue weighted by Gasteiger charge is 2.33. The van der Waals surface area contributed by atoms with Crippen LogP contribution in [0, 0.1) is 11.7 Å². The number of carbonyl (C=O) groups is 1. The molecule has 8 nitrogen and oxygen atoms in total. The van der Waals surface area contributed by atoms with Gasteiger partial charge in [0.05, 0.1) is 10.8 Å². The van der Waals surface area contributed by atoms with E-state index in [0.717, 1.165) is 22.6 Å². The smallest absolute Gasteiger partial charge is 0.322 e. The second-order valence-electron chi connectivity index (χ2n) is 7.29. The fourth-order valence-electron chi connectivity index (χ4n) is 3.48. The molecule has 0 bridgehead atoms. The van der Waals surface area contributed by atoms with Crippen molar-refractivity contribution in [3.8, 4) is 11.5 Å². The van der Waals surface area contributed by atoms with E-state index < -0.39 is 27.7 Å². The average Bonchev–Trinajstić information content (AvgIpc) is 3.28. The molecule has 0 spiro atoms. The van der Waals surface area contributed by atoms with E-state index in [4.69, 9.17) is 4.42 Å². The first-order chi connectivity index (χ1) is 15.4. The van der Waals surface area contributed by atoms with E-state index >= 15 is 0 Å². The molecule has 0 aliphatic carbocycles. The van der Waals surface area contributed by atoms with Crippen LogP contribution in [0.2, 0.25) is 0 Å². The maximum Gasteiger partial charge on any atom is 0.322 e. The maximum atomic E-state index is 13.2. The van der Waals surface area contributed by atoms with Gasteiger partial charge in [0.1, 0.15) is 5.82 Å². The zero-order valence-electron chi connectivity index (χ0n) is 17.2. The molecule has 11 heteroatoms. The summed E-state index contributed by atoms with van der Waals surface area (Å²) in [7, 11) is -3.82. The number of benzene rings is 2. The Morgan fingerprint density at radius 2 is 2.00 bits per heavy atom. The highest BCUT2D eigenvalue weighted by atomic mass is 32.2. The number of halogens is 1. The van der Waals surface area contributed by atoms with Crippen LogP contribution >= 0.6 is 11.8 Å². The fourth-order valence-corrected chi connectivity index (χ4v) is 5.47. The summed E-state index contributed by atoms with van der Waals surface area (Å²) in [6.45, 7) is 0.308. The molecule has 0 radical (unpaired) electrons. The summed E-state index contributed by atoms with van der Waals surface area (Å²) in [6.07, 6.45) is 3.01. The number of sulfonamides is 1. The van der Waals surface area contributed by atoms with Crippen LogP contribution in [0.15, 0.2) is 62.7 Å². The Balaban J connectivity index is 1.44. The Labute approximate surface area is 189 Å². The number of aromatic nitrogens is 2. The standard InChI is InChI=1S/C21H21FN4O4S2/c1-31-17-6-2-4-14(12-17)20-24-25-21(30-20)23-19(27)15-5-3-11-26(13-15)32(28,29)18-9-7-16(22)8-10-18/h2,4,6-10,12,15H,3,5,11,13H2,1H3,(H,23,25,27). The highest BCUT2D eigenvalue weighted by molar-refractivity contribution is 7.98. The van der Waals surface area contributed by atoms with Crippen molar-refractivity contribution in [1.29, 1.82) is 0 Å². The van der Waals surface area contributed by atoms with Gasteiger partial charge in [-0.2, -0.15) is 4.31 Å². The first kappa shape index (κ1) is 22.4. The lowest BCUT2D eigenvalue weighted by molar-refractivity contribution is -0.121. The number of anilines is 1. The summed E-state index contributed by atoms with van der Waals surface area (Å²) in [6, 6.07) is 12.2. The maximum absolute atomic E-state index is 13.2. The molecular weight excluding hydrogens is 455 g/mol. The van der Waals surface area contributed by atoms with Crippen molar-refractivity contribution in [2.45, 2.75) is 22.6 Å². The van der Waals surface area contributed by atoms with Crippen LogP contribution in [0.25, 0.3) is 11.5 Å². The first-order valence-corrected chi connectivity index (χ1v) is 12.6. The van der Waals surface area contributed by atoms with Crippen LogP contribution in [0.4, 0.5) is 10.4 Å². The molecule has 1 atom stereocenters. The SMILES string of the molecule is CSc1cccc(-c2nnc(NC(=O)C3CCCN(S(=O)(=O)c4ccc(F)cc4)C3)o2)c1. The largest absolute Gasteiger partial charge is 0.403 e. The van der Waals surface area contributed by atoms with Crippen LogP contribution in [0.3, 0.4) is 0 Å². The molecule has 1 N–H and O–H groups in total. The molecule has 0 saturated carbocycles. The minimum Gasteiger partial charge on any atom is -0.403 e. The van der Waals surface area contributed by atoms with Gasteiger partial charge in [0.2, 0.25) is 21.8 Å². The fraction of sp³-hybridized carbons (Fsp3) is 0.286. The minimum atomic E-state index is -3.82. The van der Waals surface area contributed by atoms with E-state index in [-0.39, 0.29) is 23.3 Å². The predicted molar refractivity (Wildman–Crippen MR) is 118 cm³/mol. The summed E-state index contributed by atoms with van der Waals surface area (Å²) in [5, 5.41) is 10.5. The Kier molecular flexibility index (Phi) is 6.58. The van der Waals surface area contributed by atoms with Gasteiger partial charge >= 0.3 is 6.01 Å².